The van der Waals surface area contributed by atoms with Crippen molar-refractivity contribution in [3.05, 3.63) is 83.4 Å². The fraction of sp³-hybridized carbons (Fsp3) is 0.387. The van der Waals surface area contributed by atoms with Crippen molar-refractivity contribution >= 4 is 27.0 Å². The second kappa shape index (κ2) is 12.3. The highest BCUT2D eigenvalue weighted by atomic mass is 32.2. The fourth-order valence-electron chi connectivity index (χ4n) is 4.73. The van der Waals surface area contributed by atoms with Crippen LogP contribution in [0.3, 0.4) is 0 Å². The first-order valence-electron chi connectivity index (χ1n) is 13.5. The summed E-state index contributed by atoms with van der Waals surface area (Å²) in [6, 6.07) is 21.9. The third-order valence-corrected chi connectivity index (χ3v) is 10.1. The summed E-state index contributed by atoms with van der Waals surface area (Å²) < 4.78 is 80.4. The molecule has 0 aromatic heterocycles. The van der Waals surface area contributed by atoms with Crippen molar-refractivity contribution in [1.29, 1.82) is 0 Å². The van der Waals surface area contributed by atoms with Crippen LogP contribution in [0.5, 0.6) is 5.75 Å². The van der Waals surface area contributed by atoms with Crippen molar-refractivity contribution in [1.82, 2.24) is 0 Å². The zero-order valence-electron chi connectivity index (χ0n) is 24.7. The topological polar surface area (TPSA) is 108 Å². The normalized spacial score (nSPS) is 20.0. The molecule has 1 saturated heterocycles. The zero-order chi connectivity index (χ0) is 31.8. The van der Waals surface area contributed by atoms with Crippen LogP contribution in [0.15, 0.2) is 81.4 Å². The molecule has 1 aliphatic heterocycles. The maximum atomic E-state index is 13.8. The second-order valence-electron chi connectivity index (χ2n) is 11.1. The summed E-state index contributed by atoms with van der Waals surface area (Å²) in [6.07, 6.45) is -2.28. The van der Waals surface area contributed by atoms with Crippen LogP contribution in [-0.4, -0.2) is 49.1 Å². The predicted molar refractivity (Wildman–Crippen MR) is 157 cm³/mol. The lowest BCUT2D eigenvalue weighted by atomic mass is 10.1. The third kappa shape index (κ3) is 7.27. The number of aryl methyl sites for hydroxylation is 2. The minimum absolute atomic E-state index is 0.240. The van der Waals surface area contributed by atoms with Gasteiger partial charge in [-0.15, -0.1) is 0 Å². The number of hydrogen-bond donors (Lipinski definition) is 1. The molecule has 0 radical (unpaired) electrons. The molecule has 1 fully saturated rings. The summed E-state index contributed by atoms with van der Waals surface area (Å²) in [4.78, 5) is 15.5. The molecular weight excluding hydrogens is 602 g/mol. The number of rotatable bonds is 10. The van der Waals surface area contributed by atoms with Crippen molar-refractivity contribution in [3.8, 4) is 5.75 Å². The minimum Gasteiger partial charge on any atom is -0.424 e. The number of carbonyl (C=O) groups is 1. The molecule has 8 nitrogen and oxygen atoms in total. The Bertz CT molecular complexity index is 1550. The highest BCUT2D eigenvalue weighted by molar-refractivity contribution is 7.97. The van der Waals surface area contributed by atoms with Crippen molar-refractivity contribution in [2.45, 2.75) is 79.0 Å². The maximum absolute atomic E-state index is 13.8. The van der Waals surface area contributed by atoms with Crippen molar-refractivity contribution < 1.29 is 45.5 Å². The van der Waals surface area contributed by atoms with E-state index in [0.29, 0.717) is 17.7 Å². The first-order valence-corrected chi connectivity index (χ1v) is 16.1. The average molecular weight is 638 g/mol. The van der Waals surface area contributed by atoms with Crippen LogP contribution in [0.1, 0.15) is 44.4 Å². The first kappa shape index (κ1) is 33.0. The van der Waals surface area contributed by atoms with Crippen LogP contribution >= 0.6 is 0 Å². The van der Waals surface area contributed by atoms with E-state index in [1.54, 1.807) is 13.8 Å². The monoisotopic (exact) mass is 637 g/mol. The number of hydrogen-bond acceptors (Lipinski definition) is 7. The highest BCUT2D eigenvalue weighted by Gasteiger charge is 2.50. The molecule has 0 aliphatic carbocycles. The van der Waals surface area contributed by atoms with Gasteiger partial charge in [0.15, 0.2) is 20.5 Å². The van der Waals surface area contributed by atoms with E-state index in [1.165, 1.54) is 0 Å². The third-order valence-electron chi connectivity index (χ3n) is 6.91. The molecule has 3 aromatic rings. The van der Waals surface area contributed by atoms with E-state index >= 15 is 0 Å². The number of ether oxygens (including phenoxy) is 4. The van der Waals surface area contributed by atoms with Crippen molar-refractivity contribution in [3.63, 3.8) is 0 Å². The standard InChI is InChI=1S/C31H34F2O8S2/c1-20-16-26(17-21(2)28(20)40-27(34)18-38-22(3)31(32,33)43(35,36)37)42(24-10-8-7-9-11-24)25-14-12-23(13-15-25)30(6)39-19-29(4,5)41-30/h7-17,22H,18-19H2,1-6H3/p+1. The molecule has 1 heterocycles. The average Bonchev–Trinajstić information content (AvgIpc) is 3.23. The summed E-state index contributed by atoms with van der Waals surface area (Å²) in [5.41, 5.74) is 1.77. The Morgan fingerprint density at radius 1 is 1.00 bits per heavy atom. The van der Waals surface area contributed by atoms with Gasteiger partial charge >= 0.3 is 21.3 Å². The van der Waals surface area contributed by atoms with Gasteiger partial charge in [-0.25, -0.2) is 4.79 Å². The van der Waals surface area contributed by atoms with Crippen LogP contribution < -0.4 is 4.74 Å². The van der Waals surface area contributed by atoms with Gasteiger partial charge in [0.1, 0.15) is 18.5 Å². The van der Waals surface area contributed by atoms with Crippen LogP contribution in [-0.2, 0) is 45.8 Å². The molecular formula is C31H35F2O8S2+. The summed E-state index contributed by atoms with van der Waals surface area (Å²) in [5, 5.41) is -4.59. The Labute approximate surface area is 253 Å². The van der Waals surface area contributed by atoms with E-state index in [9.17, 15) is 22.0 Å². The Morgan fingerprint density at radius 3 is 2.07 bits per heavy atom. The maximum Gasteiger partial charge on any atom is 0.394 e. The number of alkyl halides is 2. The van der Waals surface area contributed by atoms with Crippen LogP contribution in [0, 0.1) is 13.8 Å². The molecule has 3 aromatic carbocycles. The number of benzene rings is 3. The number of carbonyl (C=O) groups excluding carboxylic acids is 1. The number of esters is 1. The lowest BCUT2D eigenvalue weighted by Crippen LogP contribution is -2.42. The molecule has 1 aliphatic rings. The van der Waals surface area contributed by atoms with Gasteiger partial charge in [-0.05, 0) is 89.1 Å². The van der Waals surface area contributed by atoms with Crippen LogP contribution in [0.2, 0.25) is 0 Å². The first-order chi connectivity index (χ1) is 19.9. The molecule has 3 atom stereocenters. The molecule has 0 bridgehead atoms. The van der Waals surface area contributed by atoms with E-state index in [2.05, 4.69) is 0 Å². The summed E-state index contributed by atoms with van der Waals surface area (Å²) in [5.74, 6) is -1.61. The van der Waals surface area contributed by atoms with Gasteiger partial charge in [-0.3, -0.25) is 4.55 Å². The van der Waals surface area contributed by atoms with Gasteiger partial charge in [-0.1, -0.05) is 18.2 Å². The fourth-order valence-corrected chi connectivity index (χ4v) is 7.46. The summed E-state index contributed by atoms with van der Waals surface area (Å²) in [7, 11) is -6.25. The summed E-state index contributed by atoms with van der Waals surface area (Å²) >= 11 is 0. The molecule has 12 heteroatoms. The Kier molecular flexibility index (Phi) is 9.42. The van der Waals surface area contributed by atoms with Gasteiger partial charge in [-0.2, -0.15) is 17.2 Å². The Balaban J connectivity index is 1.58. The van der Waals surface area contributed by atoms with Crippen molar-refractivity contribution in [2.75, 3.05) is 13.2 Å². The van der Waals surface area contributed by atoms with Gasteiger partial charge in [0, 0.05) is 17.7 Å². The summed E-state index contributed by atoms with van der Waals surface area (Å²) in [6.45, 7) is 9.69. The largest absolute Gasteiger partial charge is 0.424 e. The van der Waals surface area contributed by atoms with Gasteiger partial charge in [0.2, 0.25) is 0 Å². The SMILES string of the molecule is Cc1cc([S+](c2ccccc2)c2ccc(C3(C)OCC(C)(C)O3)cc2)cc(C)c1OC(=O)COC(C)C(F)(F)S(=O)(=O)O. The Morgan fingerprint density at radius 2 is 1.56 bits per heavy atom. The van der Waals surface area contributed by atoms with Gasteiger partial charge in [0.05, 0.1) is 23.1 Å². The molecule has 4 rings (SSSR count). The second-order valence-corrected chi connectivity index (χ2v) is 14.6. The van der Waals surface area contributed by atoms with Gasteiger partial charge < -0.3 is 18.9 Å². The lowest BCUT2D eigenvalue weighted by molar-refractivity contribution is -0.176. The van der Waals surface area contributed by atoms with E-state index in [-0.39, 0.29) is 5.75 Å². The van der Waals surface area contributed by atoms with Crippen LogP contribution in [0.25, 0.3) is 0 Å². The van der Waals surface area contributed by atoms with Gasteiger partial charge in [0.25, 0.3) is 0 Å². The molecule has 1 N–H and O–H groups in total. The van der Waals surface area contributed by atoms with Crippen LogP contribution in [0.4, 0.5) is 8.78 Å². The molecule has 0 saturated carbocycles. The van der Waals surface area contributed by atoms with Crippen molar-refractivity contribution in [2.24, 2.45) is 0 Å². The lowest BCUT2D eigenvalue weighted by Gasteiger charge is -2.26. The zero-order valence-corrected chi connectivity index (χ0v) is 26.4. The number of halogens is 2. The quantitative estimate of drug-likeness (QED) is 0.121. The molecule has 232 valence electrons. The van der Waals surface area contributed by atoms with E-state index < -0.39 is 56.3 Å². The highest BCUT2D eigenvalue weighted by Crippen LogP contribution is 2.40. The predicted octanol–water partition coefficient (Wildman–Crippen LogP) is 6.19. The van der Waals surface area contributed by atoms with E-state index in [1.807, 2.05) is 87.5 Å². The molecule has 0 amide bonds. The minimum atomic E-state index is -5.72. The van der Waals surface area contributed by atoms with E-state index in [4.69, 9.17) is 23.5 Å². The molecule has 0 spiro atoms. The molecule has 3 unspecified atom stereocenters. The Hall–Kier alpha value is -2.87. The van der Waals surface area contributed by atoms with E-state index in [0.717, 1.165) is 27.2 Å². The molecule has 43 heavy (non-hydrogen) atoms. The smallest absolute Gasteiger partial charge is 0.394 e.